The molecule has 1 saturated carbocycles. The zero-order valence-electron chi connectivity index (χ0n) is 14.7. The number of nitrogens with one attached hydrogen (secondary N) is 1. The van der Waals surface area contributed by atoms with Gasteiger partial charge in [0.05, 0.1) is 32.7 Å². The van der Waals surface area contributed by atoms with Gasteiger partial charge in [0.15, 0.2) is 0 Å². The summed E-state index contributed by atoms with van der Waals surface area (Å²) in [6, 6.07) is 7.54. The number of amides is 2. The van der Waals surface area contributed by atoms with Crippen LogP contribution in [0.1, 0.15) is 24.8 Å². The first kappa shape index (κ1) is 17.7. The summed E-state index contributed by atoms with van der Waals surface area (Å²) in [7, 11) is 1.62. The average Bonchev–Trinajstić information content (AvgIpc) is 3.10. The van der Waals surface area contributed by atoms with Gasteiger partial charge in [-0.15, -0.1) is 0 Å². The van der Waals surface area contributed by atoms with Crippen LogP contribution in [0.25, 0.3) is 0 Å². The standard InChI is InChI=1S/C19H26N2O4/c1-24-15-5-2-4-14(12-15)13-18(22)21-9-11-25-10-8-20-19(23)16-6-3-7-17(16)21/h2,4-5,12,16-17H,3,6-11,13H2,1H3,(H,20,23)/t16-,17+/m1/s1. The number of hydrogen-bond donors (Lipinski definition) is 1. The Morgan fingerprint density at radius 1 is 1.36 bits per heavy atom. The van der Waals surface area contributed by atoms with E-state index in [1.54, 1.807) is 7.11 Å². The molecule has 25 heavy (non-hydrogen) atoms. The fourth-order valence-corrected chi connectivity index (χ4v) is 3.80. The van der Waals surface area contributed by atoms with Crippen LogP contribution >= 0.6 is 0 Å². The third kappa shape index (κ3) is 4.31. The van der Waals surface area contributed by atoms with Crippen molar-refractivity contribution in [3.63, 3.8) is 0 Å². The van der Waals surface area contributed by atoms with E-state index in [-0.39, 0.29) is 23.8 Å². The molecule has 3 rings (SSSR count). The molecule has 0 aromatic heterocycles. The molecular weight excluding hydrogens is 320 g/mol. The molecule has 2 amide bonds. The number of hydrogen-bond acceptors (Lipinski definition) is 4. The minimum absolute atomic E-state index is 0.0280. The van der Waals surface area contributed by atoms with Gasteiger partial charge in [-0.25, -0.2) is 0 Å². The van der Waals surface area contributed by atoms with E-state index in [0.29, 0.717) is 32.7 Å². The minimum Gasteiger partial charge on any atom is -0.497 e. The molecule has 1 aliphatic heterocycles. The van der Waals surface area contributed by atoms with Crippen molar-refractivity contribution in [3.05, 3.63) is 29.8 Å². The number of nitrogens with zero attached hydrogens (tertiary/aromatic N) is 1. The Hall–Kier alpha value is -2.08. The minimum atomic E-state index is -0.104. The number of rotatable bonds is 3. The highest BCUT2D eigenvalue weighted by Gasteiger charge is 2.38. The molecule has 6 heteroatoms. The van der Waals surface area contributed by atoms with Gasteiger partial charge in [-0.1, -0.05) is 18.6 Å². The predicted octanol–water partition coefficient (Wildman–Crippen LogP) is 1.38. The number of carbonyl (C=O) groups is 2. The lowest BCUT2D eigenvalue weighted by molar-refractivity contribution is -0.137. The Morgan fingerprint density at radius 2 is 2.24 bits per heavy atom. The summed E-state index contributed by atoms with van der Waals surface area (Å²) in [6.07, 6.45) is 3.01. The Labute approximate surface area is 148 Å². The largest absolute Gasteiger partial charge is 0.497 e. The monoisotopic (exact) mass is 346 g/mol. The van der Waals surface area contributed by atoms with Crippen LogP contribution < -0.4 is 10.1 Å². The molecule has 0 radical (unpaired) electrons. The number of benzene rings is 1. The smallest absolute Gasteiger partial charge is 0.227 e. The lowest BCUT2D eigenvalue weighted by Gasteiger charge is -2.33. The predicted molar refractivity (Wildman–Crippen MR) is 93.4 cm³/mol. The van der Waals surface area contributed by atoms with E-state index < -0.39 is 0 Å². The van der Waals surface area contributed by atoms with Crippen LogP contribution in [0.5, 0.6) is 5.75 Å². The molecule has 1 aromatic rings. The molecule has 1 saturated heterocycles. The van der Waals surface area contributed by atoms with Crippen LogP contribution in [-0.4, -0.2) is 56.2 Å². The first-order valence-corrected chi connectivity index (χ1v) is 8.97. The van der Waals surface area contributed by atoms with E-state index in [4.69, 9.17) is 9.47 Å². The van der Waals surface area contributed by atoms with Crippen LogP contribution in [0.2, 0.25) is 0 Å². The molecule has 136 valence electrons. The quantitative estimate of drug-likeness (QED) is 0.898. The number of fused-ring (bicyclic) bond motifs is 1. The van der Waals surface area contributed by atoms with Gasteiger partial charge in [0.1, 0.15) is 5.75 Å². The fraction of sp³-hybridized carbons (Fsp3) is 0.579. The molecule has 0 bridgehead atoms. The number of methoxy groups -OCH3 is 1. The second-order valence-corrected chi connectivity index (χ2v) is 6.62. The highest BCUT2D eigenvalue weighted by atomic mass is 16.5. The highest BCUT2D eigenvalue weighted by Crippen LogP contribution is 2.31. The lowest BCUT2D eigenvalue weighted by atomic mass is 9.99. The normalized spacial score (nSPS) is 24.4. The van der Waals surface area contributed by atoms with E-state index in [2.05, 4.69) is 5.32 Å². The Kier molecular flexibility index (Phi) is 5.91. The summed E-state index contributed by atoms with van der Waals surface area (Å²) >= 11 is 0. The molecule has 0 spiro atoms. The van der Waals surface area contributed by atoms with Crippen molar-refractivity contribution in [1.29, 1.82) is 0 Å². The maximum atomic E-state index is 13.0. The zero-order valence-corrected chi connectivity index (χ0v) is 14.7. The van der Waals surface area contributed by atoms with Gasteiger partial charge in [-0.05, 0) is 30.5 Å². The van der Waals surface area contributed by atoms with Crippen molar-refractivity contribution >= 4 is 11.8 Å². The summed E-state index contributed by atoms with van der Waals surface area (Å²) in [5.74, 6) is 0.731. The third-order valence-corrected chi connectivity index (χ3v) is 5.05. The molecule has 0 unspecified atom stereocenters. The van der Waals surface area contributed by atoms with Gasteiger partial charge < -0.3 is 19.7 Å². The van der Waals surface area contributed by atoms with Gasteiger partial charge in [0.2, 0.25) is 11.8 Å². The van der Waals surface area contributed by atoms with E-state index in [1.165, 1.54) is 0 Å². The van der Waals surface area contributed by atoms with Crippen LogP contribution in [-0.2, 0) is 20.7 Å². The second-order valence-electron chi connectivity index (χ2n) is 6.62. The summed E-state index contributed by atoms with van der Waals surface area (Å²) in [4.78, 5) is 27.2. The van der Waals surface area contributed by atoms with Crippen LogP contribution in [0.15, 0.2) is 24.3 Å². The number of ether oxygens (including phenoxy) is 2. The first-order chi connectivity index (χ1) is 12.2. The Morgan fingerprint density at radius 3 is 3.08 bits per heavy atom. The van der Waals surface area contributed by atoms with Crippen molar-refractivity contribution in [1.82, 2.24) is 10.2 Å². The molecular formula is C19H26N2O4. The summed E-state index contributed by atoms with van der Waals surface area (Å²) < 4.78 is 10.8. The molecule has 2 atom stereocenters. The second kappa shape index (κ2) is 8.34. The molecule has 6 nitrogen and oxygen atoms in total. The van der Waals surface area contributed by atoms with Gasteiger partial charge in [0, 0.05) is 19.1 Å². The van der Waals surface area contributed by atoms with Crippen LogP contribution in [0.3, 0.4) is 0 Å². The SMILES string of the molecule is COc1cccc(CC(=O)N2CCOCCNC(=O)[C@@H]3CCC[C@@H]32)c1. The number of carbonyl (C=O) groups excluding carboxylic acids is 2. The van der Waals surface area contributed by atoms with Crippen molar-refractivity contribution in [2.24, 2.45) is 5.92 Å². The van der Waals surface area contributed by atoms with Crippen molar-refractivity contribution in [3.8, 4) is 5.75 Å². The van der Waals surface area contributed by atoms with Crippen LogP contribution in [0, 0.1) is 5.92 Å². The summed E-state index contributed by atoms with van der Waals surface area (Å²) in [6.45, 7) is 2.07. The maximum Gasteiger partial charge on any atom is 0.227 e. The van der Waals surface area contributed by atoms with E-state index in [1.807, 2.05) is 29.2 Å². The summed E-state index contributed by atoms with van der Waals surface area (Å²) in [5.41, 5.74) is 0.918. The van der Waals surface area contributed by atoms with E-state index in [0.717, 1.165) is 30.6 Å². The molecule has 1 N–H and O–H groups in total. The van der Waals surface area contributed by atoms with Crippen molar-refractivity contribution in [2.45, 2.75) is 31.7 Å². The van der Waals surface area contributed by atoms with Gasteiger partial charge in [0.25, 0.3) is 0 Å². The molecule has 1 heterocycles. The van der Waals surface area contributed by atoms with Gasteiger partial charge in [-0.3, -0.25) is 9.59 Å². The molecule has 2 aliphatic rings. The maximum absolute atomic E-state index is 13.0. The fourth-order valence-electron chi connectivity index (χ4n) is 3.80. The van der Waals surface area contributed by atoms with Crippen molar-refractivity contribution < 1.29 is 19.1 Å². The average molecular weight is 346 g/mol. The summed E-state index contributed by atoms with van der Waals surface area (Å²) in [5, 5.41) is 2.93. The highest BCUT2D eigenvalue weighted by molar-refractivity contribution is 5.83. The third-order valence-electron chi connectivity index (χ3n) is 5.05. The Bertz CT molecular complexity index is 619. The van der Waals surface area contributed by atoms with Crippen LogP contribution in [0.4, 0.5) is 0 Å². The Balaban J connectivity index is 1.75. The zero-order chi connectivity index (χ0) is 17.6. The molecule has 1 aliphatic carbocycles. The molecule has 2 fully saturated rings. The topological polar surface area (TPSA) is 67.9 Å². The van der Waals surface area contributed by atoms with Crippen molar-refractivity contribution in [2.75, 3.05) is 33.4 Å². The van der Waals surface area contributed by atoms with E-state index >= 15 is 0 Å². The van der Waals surface area contributed by atoms with Gasteiger partial charge >= 0.3 is 0 Å². The molecule has 1 aromatic carbocycles. The lowest BCUT2D eigenvalue weighted by Crippen LogP contribution is -2.50. The van der Waals surface area contributed by atoms with Gasteiger partial charge in [-0.2, -0.15) is 0 Å². The first-order valence-electron chi connectivity index (χ1n) is 8.97. The van der Waals surface area contributed by atoms with E-state index in [9.17, 15) is 9.59 Å².